The molecular formula is C16H25NO3. The average Bonchev–Trinajstić information content (AvgIpc) is 2.40. The smallest absolute Gasteiger partial charge is 0.260 e. The van der Waals surface area contributed by atoms with Crippen molar-refractivity contribution in [2.45, 2.75) is 59.3 Å². The Kier molecular flexibility index (Phi) is 6.52. The van der Waals surface area contributed by atoms with Crippen LogP contribution in [0.15, 0.2) is 18.2 Å². The number of hydrogen-bond donors (Lipinski definition) is 2. The third-order valence-corrected chi connectivity index (χ3v) is 3.17. The molecule has 0 heterocycles. The Balaban J connectivity index is 2.65. The van der Waals surface area contributed by atoms with Crippen molar-refractivity contribution in [3.8, 4) is 5.75 Å². The molecular weight excluding hydrogens is 254 g/mol. The number of aliphatic hydroxyl groups excluding tert-OH is 1. The van der Waals surface area contributed by atoms with E-state index in [1.165, 1.54) is 0 Å². The van der Waals surface area contributed by atoms with Gasteiger partial charge in [0.1, 0.15) is 5.75 Å². The van der Waals surface area contributed by atoms with E-state index in [1.54, 1.807) is 13.0 Å². The molecule has 1 amide bonds. The zero-order valence-electron chi connectivity index (χ0n) is 12.8. The molecule has 2 N–H and O–H groups in total. The fourth-order valence-corrected chi connectivity index (χ4v) is 2.06. The maximum Gasteiger partial charge on any atom is 0.260 e. The predicted octanol–water partition coefficient (Wildman–Crippen LogP) is 2.56. The molecule has 0 spiro atoms. The van der Waals surface area contributed by atoms with Crippen LogP contribution in [0.4, 0.5) is 0 Å². The maximum atomic E-state index is 12.0. The fraction of sp³-hybridized carbons (Fsp3) is 0.562. The second-order valence-electron chi connectivity index (χ2n) is 5.23. The highest BCUT2D eigenvalue weighted by atomic mass is 16.5. The summed E-state index contributed by atoms with van der Waals surface area (Å²) in [5.41, 5.74) is 1.75. The van der Waals surface area contributed by atoms with Gasteiger partial charge in [0.05, 0.1) is 6.61 Å². The van der Waals surface area contributed by atoms with E-state index in [2.05, 4.69) is 12.2 Å². The Morgan fingerprint density at radius 3 is 2.70 bits per heavy atom. The van der Waals surface area contributed by atoms with E-state index in [0.717, 1.165) is 18.4 Å². The zero-order chi connectivity index (χ0) is 15.1. The largest absolute Gasteiger partial charge is 0.481 e. The number of aliphatic hydroxyl groups is 1. The highest BCUT2D eigenvalue weighted by Crippen LogP contribution is 2.21. The molecule has 1 rings (SSSR count). The van der Waals surface area contributed by atoms with E-state index >= 15 is 0 Å². The number of aryl methyl sites for hydroxylation is 1. The summed E-state index contributed by atoms with van der Waals surface area (Å²) in [4.78, 5) is 12.0. The molecule has 4 nitrogen and oxygen atoms in total. The molecule has 0 radical (unpaired) electrons. The summed E-state index contributed by atoms with van der Waals surface area (Å²) in [5.74, 6) is 0.430. The lowest BCUT2D eigenvalue weighted by Crippen LogP contribution is -2.41. The predicted molar refractivity (Wildman–Crippen MR) is 79.7 cm³/mol. The Morgan fingerprint density at radius 2 is 2.10 bits per heavy atom. The lowest BCUT2D eigenvalue weighted by molar-refractivity contribution is -0.127. The molecule has 0 aliphatic rings. The summed E-state index contributed by atoms with van der Waals surface area (Å²) in [7, 11) is 0. The van der Waals surface area contributed by atoms with Gasteiger partial charge in [-0.25, -0.2) is 0 Å². The van der Waals surface area contributed by atoms with Crippen LogP contribution >= 0.6 is 0 Å². The van der Waals surface area contributed by atoms with Gasteiger partial charge in [0.25, 0.3) is 5.91 Å². The number of nitrogens with one attached hydrogen (secondary N) is 1. The van der Waals surface area contributed by atoms with Crippen molar-refractivity contribution in [1.29, 1.82) is 0 Å². The molecule has 0 aromatic heterocycles. The highest BCUT2D eigenvalue weighted by molar-refractivity contribution is 5.81. The molecule has 2 unspecified atom stereocenters. The first-order valence-electron chi connectivity index (χ1n) is 7.15. The molecule has 0 bridgehead atoms. The van der Waals surface area contributed by atoms with Crippen molar-refractivity contribution in [3.05, 3.63) is 29.3 Å². The number of carbonyl (C=O) groups excluding carboxylic acids is 1. The minimum absolute atomic E-state index is 0.0996. The number of hydrogen-bond acceptors (Lipinski definition) is 3. The van der Waals surface area contributed by atoms with E-state index in [-0.39, 0.29) is 18.6 Å². The third-order valence-electron chi connectivity index (χ3n) is 3.17. The van der Waals surface area contributed by atoms with Gasteiger partial charge in [-0.15, -0.1) is 0 Å². The average molecular weight is 279 g/mol. The summed E-state index contributed by atoms with van der Waals surface area (Å²) in [5, 5.41) is 12.3. The Labute approximate surface area is 121 Å². The summed E-state index contributed by atoms with van der Waals surface area (Å²) < 4.78 is 5.66. The minimum Gasteiger partial charge on any atom is -0.481 e. The first-order valence-corrected chi connectivity index (χ1v) is 7.15. The van der Waals surface area contributed by atoms with Crippen molar-refractivity contribution >= 4 is 5.91 Å². The monoisotopic (exact) mass is 279 g/mol. The van der Waals surface area contributed by atoms with Crippen molar-refractivity contribution in [2.75, 3.05) is 0 Å². The number of amides is 1. The van der Waals surface area contributed by atoms with Crippen LogP contribution in [0, 0.1) is 6.92 Å². The van der Waals surface area contributed by atoms with Crippen molar-refractivity contribution < 1.29 is 14.6 Å². The fourth-order valence-electron chi connectivity index (χ4n) is 2.06. The normalized spacial score (nSPS) is 13.7. The van der Waals surface area contributed by atoms with Gasteiger partial charge in [-0.2, -0.15) is 0 Å². The molecule has 0 saturated carbocycles. The van der Waals surface area contributed by atoms with Crippen molar-refractivity contribution in [2.24, 2.45) is 0 Å². The molecule has 0 aliphatic heterocycles. The van der Waals surface area contributed by atoms with Crippen molar-refractivity contribution in [1.82, 2.24) is 5.32 Å². The number of benzene rings is 1. The van der Waals surface area contributed by atoms with E-state index in [4.69, 9.17) is 4.74 Å². The third kappa shape index (κ3) is 4.85. The van der Waals surface area contributed by atoms with Crippen LogP contribution in [-0.2, 0) is 11.4 Å². The summed E-state index contributed by atoms with van der Waals surface area (Å²) in [6, 6.07) is 5.70. The summed E-state index contributed by atoms with van der Waals surface area (Å²) >= 11 is 0. The van der Waals surface area contributed by atoms with Gasteiger partial charge in [0.2, 0.25) is 0 Å². The van der Waals surface area contributed by atoms with Crippen LogP contribution in [0.3, 0.4) is 0 Å². The topological polar surface area (TPSA) is 58.6 Å². The quantitative estimate of drug-likeness (QED) is 0.806. The first kappa shape index (κ1) is 16.5. The Morgan fingerprint density at radius 1 is 1.40 bits per heavy atom. The number of ether oxygens (including phenoxy) is 1. The van der Waals surface area contributed by atoms with Gasteiger partial charge < -0.3 is 15.2 Å². The Bertz CT molecular complexity index is 445. The molecule has 112 valence electrons. The van der Waals surface area contributed by atoms with Gasteiger partial charge in [0, 0.05) is 11.6 Å². The van der Waals surface area contributed by atoms with Gasteiger partial charge in [-0.1, -0.05) is 31.0 Å². The minimum atomic E-state index is -0.581. The van der Waals surface area contributed by atoms with E-state index < -0.39 is 6.10 Å². The van der Waals surface area contributed by atoms with E-state index in [0.29, 0.717) is 11.3 Å². The van der Waals surface area contributed by atoms with Crippen molar-refractivity contribution in [3.63, 3.8) is 0 Å². The molecule has 4 heteroatoms. The van der Waals surface area contributed by atoms with Crippen LogP contribution < -0.4 is 10.1 Å². The molecule has 1 aromatic carbocycles. The first-order chi connectivity index (χ1) is 9.47. The lowest BCUT2D eigenvalue weighted by Gasteiger charge is -2.19. The molecule has 1 aromatic rings. The standard InChI is InChI=1S/C16H25NO3/c1-5-6-12(3)17-16(19)13(4)20-15-8-7-11(2)9-14(15)10-18/h7-9,12-13,18H,5-6,10H2,1-4H3,(H,17,19). The van der Waals surface area contributed by atoms with E-state index in [1.807, 2.05) is 26.0 Å². The zero-order valence-corrected chi connectivity index (χ0v) is 12.8. The van der Waals surface area contributed by atoms with Gasteiger partial charge >= 0.3 is 0 Å². The lowest BCUT2D eigenvalue weighted by atomic mass is 10.1. The van der Waals surface area contributed by atoms with Crippen LogP contribution in [0.2, 0.25) is 0 Å². The van der Waals surface area contributed by atoms with E-state index in [9.17, 15) is 9.90 Å². The second kappa shape index (κ2) is 7.90. The van der Waals surface area contributed by atoms with Gasteiger partial charge in [-0.3, -0.25) is 4.79 Å². The Hall–Kier alpha value is -1.55. The van der Waals surface area contributed by atoms with Gasteiger partial charge in [0.15, 0.2) is 6.10 Å². The summed E-state index contributed by atoms with van der Waals surface area (Å²) in [6.45, 7) is 7.64. The molecule has 0 aliphatic carbocycles. The van der Waals surface area contributed by atoms with Crippen LogP contribution in [0.5, 0.6) is 5.75 Å². The molecule has 20 heavy (non-hydrogen) atoms. The summed E-state index contributed by atoms with van der Waals surface area (Å²) in [6.07, 6.45) is 1.40. The molecule has 0 fully saturated rings. The van der Waals surface area contributed by atoms with Gasteiger partial charge in [-0.05, 0) is 33.3 Å². The SMILES string of the molecule is CCCC(C)NC(=O)C(C)Oc1ccc(C)cc1CO. The highest BCUT2D eigenvalue weighted by Gasteiger charge is 2.17. The number of rotatable bonds is 7. The van der Waals surface area contributed by atoms with Crippen LogP contribution in [0.1, 0.15) is 44.7 Å². The maximum absolute atomic E-state index is 12.0. The number of carbonyl (C=O) groups is 1. The van der Waals surface area contributed by atoms with Crippen LogP contribution in [0.25, 0.3) is 0 Å². The second-order valence-corrected chi connectivity index (χ2v) is 5.23. The molecule has 0 saturated heterocycles. The van der Waals surface area contributed by atoms with Crippen LogP contribution in [-0.4, -0.2) is 23.2 Å². The molecule has 2 atom stereocenters.